The Morgan fingerprint density at radius 3 is 2.28 bits per heavy atom. The fourth-order valence-corrected chi connectivity index (χ4v) is 2.63. The van der Waals surface area contributed by atoms with Gasteiger partial charge in [-0.25, -0.2) is 4.79 Å². The molecule has 0 aromatic heterocycles. The Labute approximate surface area is 155 Å². The molecule has 2 aromatic rings. The molecule has 0 heterocycles. The molecule has 5 nitrogen and oxygen atoms in total. The predicted molar refractivity (Wildman–Crippen MR) is 94.5 cm³/mol. The summed E-state index contributed by atoms with van der Waals surface area (Å²) in [6, 6.07) is 11.8. The Kier molecular flexibility index (Phi) is 6.02. The molecule has 0 N–H and O–H groups in total. The molecule has 0 radical (unpaired) electrons. The Hall–Kier alpha value is -2.55. The molecule has 2 aromatic carbocycles. The van der Waals surface area contributed by atoms with Crippen LogP contribution in [0.4, 0.5) is 0 Å². The normalized spacial score (nSPS) is 11.3. The molecule has 0 bridgehead atoms. The number of halogens is 2. The second-order valence-electron chi connectivity index (χ2n) is 5.20. The second kappa shape index (κ2) is 8.02. The van der Waals surface area contributed by atoms with Crippen molar-refractivity contribution in [2.75, 3.05) is 14.2 Å². The molecular formula is C18H14Cl2N2O3. The summed E-state index contributed by atoms with van der Waals surface area (Å²) in [5.41, 5.74) is 1.26. The van der Waals surface area contributed by atoms with E-state index in [4.69, 9.17) is 33.2 Å². The van der Waals surface area contributed by atoms with E-state index in [1.165, 1.54) is 49.4 Å². The maximum absolute atomic E-state index is 12.7. The molecule has 1 atom stereocenters. The van der Waals surface area contributed by atoms with Crippen molar-refractivity contribution in [1.82, 2.24) is 4.90 Å². The lowest BCUT2D eigenvalue weighted by atomic mass is 10.0. The van der Waals surface area contributed by atoms with Gasteiger partial charge in [0.25, 0.3) is 5.91 Å². The summed E-state index contributed by atoms with van der Waals surface area (Å²) in [6.07, 6.45) is 0. The molecule has 2 rings (SSSR count). The van der Waals surface area contributed by atoms with E-state index in [9.17, 15) is 9.59 Å². The number of rotatable bonds is 4. The van der Waals surface area contributed by atoms with Gasteiger partial charge in [-0.2, -0.15) is 5.26 Å². The van der Waals surface area contributed by atoms with E-state index in [1.807, 2.05) is 6.07 Å². The summed E-state index contributed by atoms with van der Waals surface area (Å²) in [5, 5.41) is 9.45. The summed E-state index contributed by atoms with van der Waals surface area (Å²) in [7, 11) is 2.73. The van der Waals surface area contributed by atoms with Gasteiger partial charge in [0.05, 0.1) is 28.8 Å². The third-order valence-corrected chi connectivity index (χ3v) is 4.39. The topological polar surface area (TPSA) is 70.4 Å². The van der Waals surface area contributed by atoms with Crippen LogP contribution in [0, 0.1) is 11.3 Å². The number of esters is 1. The number of amides is 1. The zero-order valence-electron chi connectivity index (χ0n) is 13.5. The average molecular weight is 377 g/mol. The van der Waals surface area contributed by atoms with Crippen molar-refractivity contribution < 1.29 is 14.3 Å². The van der Waals surface area contributed by atoms with Gasteiger partial charge in [-0.15, -0.1) is 0 Å². The minimum atomic E-state index is -0.983. The number of methoxy groups -OCH3 is 1. The van der Waals surface area contributed by atoms with Crippen molar-refractivity contribution in [3.8, 4) is 6.07 Å². The quantitative estimate of drug-likeness (QED) is 0.759. The number of carbonyl (C=O) groups excluding carboxylic acids is 2. The minimum absolute atomic E-state index is 0.271. The van der Waals surface area contributed by atoms with Crippen molar-refractivity contribution in [2.24, 2.45) is 0 Å². The summed E-state index contributed by atoms with van der Waals surface area (Å²) in [5.74, 6) is -1.01. The van der Waals surface area contributed by atoms with Crippen LogP contribution in [-0.4, -0.2) is 30.9 Å². The average Bonchev–Trinajstić information content (AvgIpc) is 2.63. The van der Waals surface area contributed by atoms with Crippen LogP contribution >= 0.6 is 23.2 Å². The Morgan fingerprint density at radius 1 is 1.12 bits per heavy atom. The van der Waals surface area contributed by atoms with Crippen molar-refractivity contribution in [1.29, 1.82) is 5.26 Å². The number of likely N-dealkylation sites (N-methyl/N-ethyl adjacent to an activating group) is 1. The molecular weight excluding hydrogens is 363 g/mol. The smallest absolute Gasteiger partial charge is 0.333 e. The molecule has 0 fully saturated rings. The van der Waals surface area contributed by atoms with Gasteiger partial charge < -0.3 is 9.64 Å². The lowest BCUT2D eigenvalue weighted by Gasteiger charge is -2.26. The lowest BCUT2D eigenvalue weighted by molar-refractivity contribution is -0.145. The minimum Gasteiger partial charge on any atom is -0.467 e. The van der Waals surface area contributed by atoms with Crippen molar-refractivity contribution in [3.05, 3.63) is 69.2 Å². The van der Waals surface area contributed by atoms with Gasteiger partial charge in [0.2, 0.25) is 0 Å². The molecule has 0 aliphatic heterocycles. The summed E-state index contributed by atoms with van der Waals surface area (Å²) < 4.78 is 4.83. The standard InChI is InChI=1S/C18H14Cl2N2O3/c1-22(17(23)12-5-3-11(10-21)4-6-12)16(18(24)25-2)13-7-8-14(19)15(20)9-13/h3-9,16H,1-2H3. The van der Waals surface area contributed by atoms with Gasteiger partial charge in [-0.1, -0.05) is 29.3 Å². The van der Waals surface area contributed by atoms with Gasteiger partial charge in [-0.3, -0.25) is 4.79 Å². The lowest BCUT2D eigenvalue weighted by Crippen LogP contribution is -2.36. The zero-order chi connectivity index (χ0) is 18.6. The van der Waals surface area contributed by atoms with Crippen LogP contribution in [0.2, 0.25) is 10.0 Å². The number of benzene rings is 2. The van der Waals surface area contributed by atoms with Crippen LogP contribution in [0.3, 0.4) is 0 Å². The molecule has 1 unspecified atom stereocenters. The maximum atomic E-state index is 12.7. The number of ether oxygens (including phenoxy) is 1. The van der Waals surface area contributed by atoms with E-state index in [0.29, 0.717) is 21.7 Å². The number of nitriles is 1. The highest BCUT2D eigenvalue weighted by Gasteiger charge is 2.30. The van der Waals surface area contributed by atoms with Crippen LogP contribution in [0.1, 0.15) is 27.5 Å². The molecule has 7 heteroatoms. The Bertz CT molecular complexity index is 844. The first-order chi connectivity index (χ1) is 11.9. The van der Waals surface area contributed by atoms with Gasteiger partial charge in [0.15, 0.2) is 6.04 Å². The second-order valence-corrected chi connectivity index (χ2v) is 6.02. The first-order valence-electron chi connectivity index (χ1n) is 7.19. The highest BCUT2D eigenvalue weighted by atomic mass is 35.5. The van der Waals surface area contributed by atoms with E-state index in [2.05, 4.69) is 0 Å². The third-order valence-electron chi connectivity index (χ3n) is 3.65. The van der Waals surface area contributed by atoms with E-state index in [-0.39, 0.29) is 5.02 Å². The molecule has 128 valence electrons. The highest BCUT2D eigenvalue weighted by Crippen LogP contribution is 2.29. The maximum Gasteiger partial charge on any atom is 0.333 e. The van der Waals surface area contributed by atoms with Crippen LogP contribution < -0.4 is 0 Å². The van der Waals surface area contributed by atoms with Gasteiger partial charge in [0.1, 0.15) is 0 Å². The number of hydrogen-bond donors (Lipinski definition) is 0. The highest BCUT2D eigenvalue weighted by molar-refractivity contribution is 6.42. The van der Waals surface area contributed by atoms with Crippen LogP contribution in [0.5, 0.6) is 0 Å². The van der Waals surface area contributed by atoms with Crippen LogP contribution in [0.25, 0.3) is 0 Å². The van der Waals surface area contributed by atoms with E-state index < -0.39 is 17.9 Å². The van der Waals surface area contributed by atoms with Crippen molar-refractivity contribution in [3.63, 3.8) is 0 Å². The van der Waals surface area contributed by atoms with Gasteiger partial charge >= 0.3 is 5.97 Å². The van der Waals surface area contributed by atoms with Crippen LogP contribution in [-0.2, 0) is 9.53 Å². The number of hydrogen-bond acceptors (Lipinski definition) is 4. The fraction of sp³-hybridized carbons (Fsp3) is 0.167. The molecule has 0 aliphatic carbocycles. The molecule has 1 amide bonds. The summed E-state index contributed by atoms with van der Waals surface area (Å²) in [6.45, 7) is 0. The molecule has 25 heavy (non-hydrogen) atoms. The number of carbonyl (C=O) groups is 2. The predicted octanol–water partition coefficient (Wildman–Crippen LogP) is 3.85. The third kappa shape index (κ3) is 4.11. The molecule has 0 spiro atoms. The first kappa shape index (κ1) is 18.8. The van der Waals surface area contributed by atoms with E-state index in [1.54, 1.807) is 12.1 Å². The summed E-state index contributed by atoms with van der Waals surface area (Å²) >= 11 is 11.9. The van der Waals surface area contributed by atoms with Gasteiger partial charge in [-0.05, 0) is 42.0 Å². The molecule has 0 aliphatic rings. The van der Waals surface area contributed by atoms with Crippen molar-refractivity contribution in [2.45, 2.75) is 6.04 Å². The van der Waals surface area contributed by atoms with E-state index in [0.717, 1.165) is 0 Å². The summed E-state index contributed by atoms with van der Waals surface area (Å²) in [4.78, 5) is 26.2. The number of nitrogens with zero attached hydrogens (tertiary/aromatic N) is 2. The van der Waals surface area contributed by atoms with E-state index >= 15 is 0 Å². The zero-order valence-corrected chi connectivity index (χ0v) is 15.0. The monoisotopic (exact) mass is 376 g/mol. The largest absolute Gasteiger partial charge is 0.467 e. The van der Waals surface area contributed by atoms with Crippen LogP contribution in [0.15, 0.2) is 42.5 Å². The molecule has 0 saturated carbocycles. The Morgan fingerprint density at radius 2 is 1.76 bits per heavy atom. The first-order valence-corrected chi connectivity index (χ1v) is 7.94. The molecule has 0 saturated heterocycles. The van der Waals surface area contributed by atoms with Crippen molar-refractivity contribution >= 4 is 35.1 Å². The van der Waals surface area contributed by atoms with Gasteiger partial charge in [0, 0.05) is 12.6 Å². The Balaban J connectivity index is 2.39. The SMILES string of the molecule is COC(=O)C(c1ccc(Cl)c(Cl)c1)N(C)C(=O)c1ccc(C#N)cc1. The fourth-order valence-electron chi connectivity index (χ4n) is 2.32.